The van der Waals surface area contributed by atoms with Crippen LogP contribution in [0.1, 0.15) is 133 Å². The maximum absolute atomic E-state index is 2.57. The lowest BCUT2D eigenvalue weighted by atomic mass is 9.65. The summed E-state index contributed by atoms with van der Waals surface area (Å²) < 4.78 is 0. The fourth-order valence-electron chi connectivity index (χ4n) is 6.13. The van der Waals surface area contributed by atoms with Gasteiger partial charge in [0, 0.05) is 0 Å². The Morgan fingerprint density at radius 3 is 1.93 bits per heavy atom. The molecule has 0 aliphatic heterocycles. The molecule has 0 aromatic rings. The fourth-order valence-corrected chi connectivity index (χ4v) is 6.13. The zero-order chi connectivity index (χ0) is 21.3. The predicted molar refractivity (Wildman–Crippen MR) is 129 cm³/mol. The first-order chi connectivity index (χ1) is 13.2. The van der Waals surface area contributed by atoms with Gasteiger partial charge in [-0.05, 0) is 59.7 Å². The van der Waals surface area contributed by atoms with Gasteiger partial charge in [0.25, 0.3) is 0 Å². The van der Waals surface area contributed by atoms with E-state index in [0.717, 1.165) is 41.4 Å². The van der Waals surface area contributed by atoms with E-state index in [2.05, 4.69) is 48.5 Å². The molecule has 0 heteroatoms. The molecule has 2 fully saturated rings. The summed E-state index contributed by atoms with van der Waals surface area (Å²) in [5.41, 5.74) is 0.513. The number of hydrogen-bond acceptors (Lipinski definition) is 0. The van der Waals surface area contributed by atoms with E-state index in [4.69, 9.17) is 0 Å². The fraction of sp³-hybridized carbons (Fsp3) is 1.00. The Bertz CT molecular complexity index is 387. The van der Waals surface area contributed by atoms with Gasteiger partial charge in [0.2, 0.25) is 0 Å². The molecule has 0 saturated heterocycles. The largest absolute Gasteiger partial charge is 0.0683 e. The van der Waals surface area contributed by atoms with Crippen LogP contribution in [0.5, 0.6) is 0 Å². The van der Waals surface area contributed by atoms with Gasteiger partial charge in [0.05, 0.1) is 0 Å². The second-order valence-electron chi connectivity index (χ2n) is 11.6. The van der Waals surface area contributed by atoms with E-state index in [9.17, 15) is 0 Å². The maximum Gasteiger partial charge on any atom is -0.0323 e. The average Bonchev–Trinajstić information content (AvgIpc) is 2.67. The molecule has 0 amide bonds. The number of rotatable bonds is 8. The van der Waals surface area contributed by atoms with Crippen LogP contribution in [0.4, 0.5) is 0 Å². The lowest BCUT2D eigenvalue weighted by Gasteiger charge is -2.40. The van der Waals surface area contributed by atoms with Crippen molar-refractivity contribution in [1.82, 2.24) is 0 Å². The van der Waals surface area contributed by atoms with E-state index in [1.807, 2.05) is 13.8 Å². The third-order valence-corrected chi connectivity index (χ3v) is 9.02. The third-order valence-electron chi connectivity index (χ3n) is 9.02. The van der Waals surface area contributed by atoms with E-state index in [-0.39, 0.29) is 0 Å². The van der Waals surface area contributed by atoms with Gasteiger partial charge < -0.3 is 0 Å². The lowest BCUT2D eigenvalue weighted by Crippen LogP contribution is -2.30. The third kappa shape index (κ3) is 8.39. The topological polar surface area (TPSA) is 0 Å². The molecule has 0 bridgehead atoms. The average molecular weight is 393 g/mol. The second-order valence-corrected chi connectivity index (χ2v) is 11.6. The molecule has 168 valence electrons. The summed E-state index contributed by atoms with van der Waals surface area (Å²) in [6.07, 6.45) is 16.3. The van der Waals surface area contributed by atoms with Gasteiger partial charge in [-0.2, -0.15) is 0 Å². The molecule has 0 nitrogen and oxygen atoms in total. The molecule has 0 aromatic heterocycles. The first-order valence-corrected chi connectivity index (χ1v) is 13.2. The molecule has 2 rings (SSSR count). The maximum atomic E-state index is 2.57. The molecule has 0 spiro atoms. The van der Waals surface area contributed by atoms with Crippen LogP contribution in [0, 0.1) is 46.8 Å². The summed E-state index contributed by atoms with van der Waals surface area (Å²) in [6.45, 7) is 21.6. The van der Waals surface area contributed by atoms with Crippen LogP contribution in [0.3, 0.4) is 0 Å². The second kappa shape index (κ2) is 12.6. The van der Waals surface area contributed by atoms with Crippen LogP contribution < -0.4 is 0 Å². The smallest absolute Gasteiger partial charge is 0.0323 e. The van der Waals surface area contributed by atoms with Gasteiger partial charge in [0.1, 0.15) is 0 Å². The molecule has 28 heavy (non-hydrogen) atoms. The molecule has 0 heterocycles. The molecular formula is C28H56. The molecular weight excluding hydrogens is 336 g/mol. The SMILES string of the molecule is CC.CC1CCC(CC(C)(C)C(C)C(C)CCCC2CCC(C)C(C)C2)CC1. The van der Waals surface area contributed by atoms with Crippen molar-refractivity contribution in [2.45, 2.75) is 133 Å². The Balaban J connectivity index is 0.00000190. The summed E-state index contributed by atoms with van der Waals surface area (Å²) >= 11 is 0. The summed E-state index contributed by atoms with van der Waals surface area (Å²) in [5, 5.41) is 0. The van der Waals surface area contributed by atoms with E-state index in [1.54, 1.807) is 0 Å². The van der Waals surface area contributed by atoms with Gasteiger partial charge in [-0.25, -0.2) is 0 Å². The molecule has 0 radical (unpaired) electrons. The lowest BCUT2D eigenvalue weighted by molar-refractivity contribution is 0.101. The first kappa shape index (κ1) is 26.0. The minimum Gasteiger partial charge on any atom is -0.0683 e. The van der Waals surface area contributed by atoms with Crippen LogP contribution in [-0.2, 0) is 0 Å². The van der Waals surface area contributed by atoms with E-state index in [0.29, 0.717) is 5.41 Å². The van der Waals surface area contributed by atoms with Gasteiger partial charge in [-0.15, -0.1) is 0 Å². The molecule has 0 N–H and O–H groups in total. The standard InChI is InChI=1S/C26H50.C2H6/c1-19-11-14-25(15-12-19)18-26(6,7)23(5)21(3)9-8-10-24-16-13-20(2)22(4)17-24;1-2/h19-25H,8-18H2,1-7H3;1-2H3. The van der Waals surface area contributed by atoms with Crippen LogP contribution >= 0.6 is 0 Å². The quantitative estimate of drug-likeness (QED) is 0.385. The zero-order valence-corrected chi connectivity index (χ0v) is 21.3. The normalized spacial score (nSPS) is 33.5. The van der Waals surface area contributed by atoms with Crippen molar-refractivity contribution >= 4 is 0 Å². The van der Waals surface area contributed by atoms with E-state index in [1.165, 1.54) is 70.6 Å². The Hall–Kier alpha value is 0. The summed E-state index contributed by atoms with van der Waals surface area (Å²) in [7, 11) is 0. The van der Waals surface area contributed by atoms with Gasteiger partial charge >= 0.3 is 0 Å². The molecule has 0 aromatic carbocycles. The van der Waals surface area contributed by atoms with Crippen molar-refractivity contribution in [3.63, 3.8) is 0 Å². The Kier molecular flexibility index (Phi) is 11.8. The van der Waals surface area contributed by atoms with Crippen molar-refractivity contribution in [1.29, 1.82) is 0 Å². The molecule has 2 saturated carbocycles. The number of hydrogen-bond donors (Lipinski definition) is 0. The zero-order valence-electron chi connectivity index (χ0n) is 21.3. The Morgan fingerprint density at radius 2 is 1.36 bits per heavy atom. The highest BCUT2D eigenvalue weighted by Gasteiger charge is 2.33. The molecule has 5 atom stereocenters. The summed E-state index contributed by atoms with van der Waals surface area (Å²) in [4.78, 5) is 0. The van der Waals surface area contributed by atoms with Gasteiger partial charge in [-0.3, -0.25) is 0 Å². The molecule has 5 unspecified atom stereocenters. The summed E-state index contributed by atoms with van der Waals surface area (Å²) in [6, 6.07) is 0. The van der Waals surface area contributed by atoms with Crippen LogP contribution in [0.15, 0.2) is 0 Å². The molecule has 2 aliphatic rings. The van der Waals surface area contributed by atoms with E-state index >= 15 is 0 Å². The van der Waals surface area contributed by atoms with Crippen LogP contribution in [-0.4, -0.2) is 0 Å². The van der Waals surface area contributed by atoms with Gasteiger partial charge in [0.15, 0.2) is 0 Å². The van der Waals surface area contributed by atoms with Crippen LogP contribution in [0.25, 0.3) is 0 Å². The Morgan fingerprint density at radius 1 is 0.786 bits per heavy atom. The summed E-state index contributed by atoms with van der Waals surface area (Å²) in [5.74, 6) is 6.68. The van der Waals surface area contributed by atoms with Gasteiger partial charge in [-0.1, -0.05) is 120 Å². The van der Waals surface area contributed by atoms with Crippen molar-refractivity contribution < 1.29 is 0 Å². The van der Waals surface area contributed by atoms with Crippen molar-refractivity contribution in [2.24, 2.45) is 46.8 Å². The first-order valence-electron chi connectivity index (χ1n) is 13.2. The van der Waals surface area contributed by atoms with Crippen molar-refractivity contribution in [3.8, 4) is 0 Å². The van der Waals surface area contributed by atoms with Crippen molar-refractivity contribution in [2.75, 3.05) is 0 Å². The minimum atomic E-state index is 0.513. The molecule has 2 aliphatic carbocycles. The Labute approximate surface area is 180 Å². The highest BCUT2D eigenvalue weighted by molar-refractivity contribution is 4.84. The van der Waals surface area contributed by atoms with Crippen molar-refractivity contribution in [3.05, 3.63) is 0 Å². The van der Waals surface area contributed by atoms with Crippen LogP contribution in [0.2, 0.25) is 0 Å². The predicted octanol–water partition coefficient (Wildman–Crippen LogP) is 9.77. The highest BCUT2D eigenvalue weighted by Crippen LogP contribution is 2.44. The highest BCUT2D eigenvalue weighted by atomic mass is 14.4. The monoisotopic (exact) mass is 392 g/mol. The van der Waals surface area contributed by atoms with E-state index < -0.39 is 0 Å². The minimum absolute atomic E-state index is 0.513.